The monoisotopic (exact) mass is 427 g/mol. The summed E-state index contributed by atoms with van der Waals surface area (Å²) in [6.07, 6.45) is 11.9. The number of imidazole rings is 1. The van der Waals surface area contributed by atoms with Crippen molar-refractivity contribution in [2.24, 2.45) is 0 Å². The first-order valence-electron chi connectivity index (χ1n) is 10.9. The molecule has 5 aromatic rings. The molecule has 1 saturated carbocycles. The third-order valence-corrected chi connectivity index (χ3v) is 6.22. The van der Waals surface area contributed by atoms with Crippen LogP contribution in [-0.4, -0.2) is 66.2 Å². The maximum atomic E-state index is 5.49. The molecule has 2 aliphatic rings. The second-order valence-electron chi connectivity index (χ2n) is 8.37. The third-order valence-electron chi connectivity index (χ3n) is 6.22. The van der Waals surface area contributed by atoms with Crippen LogP contribution in [0.5, 0.6) is 0 Å². The fraction of sp³-hybridized carbons (Fsp3) is 0.318. The number of hydrogen-bond acceptors (Lipinski definition) is 7. The van der Waals surface area contributed by atoms with Crippen molar-refractivity contribution >= 4 is 27.6 Å². The first-order valence-corrected chi connectivity index (χ1v) is 10.9. The van der Waals surface area contributed by atoms with E-state index >= 15 is 0 Å². The number of aromatic amines is 2. The van der Waals surface area contributed by atoms with E-state index in [0.29, 0.717) is 25.1 Å². The number of rotatable bonds is 4. The summed E-state index contributed by atoms with van der Waals surface area (Å²) in [7, 11) is 0. The van der Waals surface area contributed by atoms with Crippen molar-refractivity contribution in [2.45, 2.75) is 18.9 Å². The minimum Gasteiger partial charge on any atom is -0.378 e. The van der Waals surface area contributed by atoms with Crippen molar-refractivity contribution in [3.63, 3.8) is 0 Å². The van der Waals surface area contributed by atoms with Gasteiger partial charge in [-0.15, -0.1) is 0 Å². The molecule has 0 aromatic carbocycles. The lowest BCUT2D eigenvalue weighted by molar-refractivity contribution is 0.123. The summed E-state index contributed by atoms with van der Waals surface area (Å²) in [6.45, 7) is 3.09. The summed E-state index contributed by atoms with van der Waals surface area (Å²) in [5, 5.41) is 13.1. The van der Waals surface area contributed by atoms with Crippen molar-refractivity contribution < 1.29 is 4.74 Å². The summed E-state index contributed by atoms with van der Waals surface area (Å²) in [5.41, 5.74) is 6.32. The predicted molar refractivity (Wildman–Crippen MR) is 119 cm³/mol. The lowest BCUT2D eigenvalue weighted by atomic mass is 10.1. The molecule has 6 heterocycles. The maximum absolute atomic E-state index is 5.49. The summed E-state index contributed by atoms with van der Waals surface area (Å²) in [4.78, 5) is 19.6. The van der Waals surface area contributed by atoms with Crippen LogP contribution in [0.2, 0.25) is 0 Å². The number of anilines is 1. The molecule has 0 spiro atoms. The molecule has 0 amide bonds. The van der Waals surface area contributed by atoms with Crippen molar-refractivity contribution in [1.29, 1.82) is 0 Å². The van der Waals surface area contributed by atoms with Gasteiger partial charge in [0.2, 0.25) is 0 Å². The number of fused-ring (bicyclic) bond motifs is 2. The largest absolute Gasteiger partial charge is 0.378 e. The molecule has 0 unspecified atom stereocenters. The second-order valence-corrected chi connectivity index (χ2v) is 8.37. The van der Waals surface area contributed by atoms with Crippen LogP contribution in [0.25, 0.3) is 44.7 Å². The van der Waals surface area contributed by atoms with E-state index in [1.54, 1.807) is 0 Å². The van der Waals surface area contributed by atoms with Gasteiger partial charge in [-0.1, -0.05) is 0 Å². The summed E-state index contributed by atoms with van der Waals surface area (Å²) in [5.74, 6) is 0.708. The van der Waals surface area contributed by atoms with Gasteiger partial charge in [0.15, 0.2) is 5.82 Å². The first kappa shape index (κ1) is 17.8. The van der Waals surface area contributed by atoms with Crippen LogP contribution < -0.4 is 4.90 Å². The molecular weight excluding hydrogens is 406 g/mol. The number of aromatic nitrogens is 8. The molecule has 10 heteroatoms. The topological polar surface area (TPSA) is 113 Å². The van der Waals surface area contributed by atoms with E-state index in [-0.39, 0.29) is 0 Å². The number of nitrogens with one attached hydrogen (secondary N) is 2. The Hall–Kier alpha value is -3.79. The smallest absolute Gasteiger partial charge is 0.159 e. The van der Waals surface area contributed by atoms with Crippen molar-refractivity contribution in [1.82, 2.24) is 39.9 Å². The molecule has 32 heavy (non-hydrogen) atoms. The Bertz CT molecular complexity index is 1440. The van der Waals surface area contributed by atoms with E-state index in [0.717, 1.165) is 57.7 Å². The SMILES string of the molecule is c1nn(C2CC2)cc1-c1cc2c(-c3nc4c(N5CCOCC5)cncc4[nH]3)n[nH]c2cn1. The summed E-state index contributed by atoms with van der Waals surface area (Å²) < 4.78 is 7.53. The molecule has 2 N–H and O–H groups in total. The number of pyridine rings is 2. The molecule has 7 rings (SSSR count). The van der Waals surface area contributed by atoms with Gasteiger partial charge >= 0.3 is 0 Å². The maximum Gasteiger partial charge on any atom is 0.159 e. The molecule has 1 saturated heterocycles. The highest BCUT2D eigenvalue weighted by Crippen LogP contribution is 2.36. The quantitative estimate of drug-likeness (QED) is 0.453. The lowest BCUT2D eigenvalue weighted by Crippen LogP contribution is -2.36. The highest BCUT2D eigenvalue weighted by molar-refractivity contribution is 5.96. The van der Waals surface area contributed by atoms with E-state index in [1.807, 2.05) is 29.5 Å². The van der Waals surface area contributed by atoms with Crippen molar-refractivity contribution in [3.05, 3.63) is 37.1 Å². The fourth-order valence-electron chi connectivity index (χ4n) is 4.33. The minimum absolute atomic E-state index is 0.543. The molecule has 2 fully saturated rings. The lowest BCUT2D eigenvalue weighted by Gasteiger charge is -2.28. The molecule has 0 bridgehead atoms. The molecule has 0 radical (unpaired) electrons. The van der Waals surface area contributed by atoms with Crippen LogP contribution in [0, 0.1) is 0 Å². The average Bonchev–Trinajstić information content (AvgIpc) is 3.24. The number of ether oxygens (including phenoxy) is 1. The van der Waals surface area contributed by atoms with Gasteiger partial charge in [0.25, 0.3) is 0 Å². The van der Waals surface area contributed by atoms with Gasteiger partial charge in [-0.25, -0.2) is 4.98 Å². The molecule has 5 aromatic heterocycles. The van der Waals surface area contributed by atoms with Gasteiger partial charge in [-0.3, -0.25) is 19.7 Å². The highest BCUT2D eigenvalue weighted by atomic mass is 16.5. The van der Waals surface area contributed by atoms with Crippen LogP contribution in [0.3, 0.4) is 0 Å². The van der Waals surface area contributed by atoms with Gasteiger partial charge in [0, 0.05) is 30.2 Å². The third kappa shape index (κ3) is 2.87. The van der Waals surface area contributed by atoms with Crippen molar-refractivity contribution in [3.8, 4) is 22.8 Å². The predicted octanol–water partition coefficient (Wildman–Crippen LogP) is 2.93. The Balaban J connectivity index is 1.31. The second kappa shape index (κ2) is 6.86. The molecular formula is C22H21N9O. The van der Waals surface area contributed by atoms with Gasteiger partial charge in [-0.2, -0.15) is 10.2 Å². The number of nitrogens with zero attached hydrogens (tertiary/aromatic N) is 7. The molecule has 10 nitrogen and oxygen atoms in total. The molecule has 160 valence electrons. The fourth-order valence-corrected chi connectivity index (χ4v) is 4.33. The zero-order valence-corrected chi connectivity index (χ0v) is 17.3. The van der Waals surface area contributed by atoms with E-state index in [1.165, 1.54) is 12.8 Å². The Morgan fingerprint density at radius 3 is 2.81 bits per heavy atom. The molecule has 1 aliphatic heterocycles. The standard InChI is InChI=1S/C22H21N9O/c1-2-14(1)31-12-13(8-25-31)16-7-15-17(10-24-16)28-29-20(15)22-26-18-9-23-11-19(21(18)27-22)30-3-5-32-6-4-30/h7-12,14H,1-6H2,(H,26,27)(H,28,29). The number of morpholine rings is 1. The highest BCUT2D eigenvalue weighted by Gasteiger charge is 2.25. The van der Waals surface area contributed by atoms with Crippen molar-refractivity contribution in [2.75, 3.05) is 31.2 Å². The number of H-pyrrole nitrogens is 2. The Labute approximate surface area is 182 Å². The van der Waals surface area contributed by atoms with Crippen LogP contribution in [-0.2, 0) is 4.74 Å². The van der Waals surface area contributed by atoms with E-state index in [4.69, 9.17) is 9.72 Å². The van der Waals surface area contributed by atoms with E-state index < -0.39 is 0 Å². The Morgan fingerprint density at radius 2 is 1.94 bits per heavy atom. The minimum atomic E-state index is 0.543. The van der Waals surface area contributed by atoms with Crippen LogP contribution in [0.15, 0.2) is 37.1 Å². The first-order chi connectivity index (χ1) is 15.8. The summed E-state index contributed by atoms with van der Waals surface area (Å²) in [6, 6.07) is 2.60. The zero-order chi connectivity index (χ0) is 21.1. The average molecular weight is 427 g/mol. The normalized spacial score (nSPS) is 16.9. The van der Waals surface area contributed by atoms with Gasteiger partial charge in [0.05, 0.1) is 66.5 Å². The zero-order valence-electron chi connectivity index (χ0n) is 17.3. The van der Waals surface area contributed by atoms with Crippen LogP contribution >= 0.6 is 0 Å². The van der Waals surface area contributed by atoms with Crippen LogP contribution in [0.4, 0.5) is 5.69 Å². The molecule has 1 aliphatic carbocycles. The van der Waals surface area contributed by atoms with E-state index in [2.05, 4.69) is 47.4 Å². The van der Waals surface area contributed by atoms with Gasteiger partial charge in [0.1, 0.15) is 11.2 Å². The van der Waals surface area contributed by atoms with Gasteiger partial charge in [-0.05, 0) is 18.9 Å². The molecule has 0 atom stereocenters. The Morgan fingerprint density at radius 1 is 1.03 bits per heavy atom. The Kier molecular flexibility index (Phi) is 3.82. The van der Waals surface area contributed by atoms with E-state index in [9.17, 15) is 0 Å². The van der Waals surface area contributed by atoms with Gasteiger partial charge < -0.3 is 14.6 Å². The van der Waals surface area contributed by atoms with Crippen LogP contribution in [0.1, 0.15) is 18.9 Å². The number of hydrogen-bond donors (Lipinski definition) is 2. The summed E-state index contributed by atoms with van der Waals surface area (Å²) >= 11 is 0.